The van der Waals surface area contributed by atoms with E-state index in [4.69, 9.17) is 13.7 Å². The van der Waals surface area contributed by atoms with Gasteiger partial charge in [0.2, 0.25) is 5.89 Å². The van der Waals surface area contributed by atoms with Crippen LogP contribution in [0.5, 0.6) is 5.75 Å². The van der Waals surface area contributed by atoms with Crippen LogP contribution in [0.15, 0.2) is 45.5 Å². The highest BCUT2D eigenvalue weighted by Gasteiger charge is 2.19. The van der Waals surface area contributed by atoms with Crippen molar-refractivity contribution in [1.82, 2.24) is 20.3 Å². The zero-order chi connectivity index (χ0) is 17.4. The highest BCUT2D eigenvalue weighted by Crippen LogP contribution is 2.27. The Morgan fingerprint density at radius 2 is 2.04 bits per heavy atom. The van der Waals surface area contributed by atoms with Crippen molar-refractivity contribution >= 4 is 11.1 Å². The van der Waals surface area contributed by atoms with E-state index in [0.717, 1.165) is 11.1 Å². The van der Waals surface area contributed by atoms with Crippen LogP contribution < -0.4 is 4.74 Å². The molecule has 7 nitrogen and oxygen atoms in total. The number of benzene rings is 1. The minimum absolute atomic E-state index is 0.123. The van der Waals surface area contributed by atoms with Gasteiger partial charge >= 0.3 is 0 Å². The van der Waals surface area contributed by atoms with Gasteiger partial charge in [0, 0.05) is 6.20 Å². The van der Waals surface area contributed by atoms with E-state index in [1.165, 1.54) is 12.1 Å². The van der Waals surface area contributed by atoms with Crippen LogP contribution in [0, 0.1) is 12.7 Å². The molecule has 8 heteroatoms. The van der Waals surface area contributed by atoms with Crippen LogP contribution in [0.25, 0.3) is 22.6 Å². The lowest BCUT2D eigenvalue weighted by atomic mass is 10.2. The standard InChI is InChI=1S/C17H13FN4O3/c1-9-12-7-11(8-19-17(12)25-22-9)16-21-20-15(24-16)10(2)23-14-6-4-3-5-13(14)18/h3-8,10H,1-2H3/t10-/m1/s1. The first kappa shape index (κ1) is 15.3. The van der Waals surface area contributed by atoms with Crippen molar-refractivity contribution in [3.05, 3.63) is 53.9 Å². The molecular weight excluding hydrogens is 327 g/mol. The molecule has 3 heterocycles. The van der Waals surface area contributed by atoms with Gasteiger partial charge in [0.25, 0.3) is 11.6 Å². The molecule has 0 radical (unpaired) electrons. The molecule has 0 bridgehead atoms. The maximum Gasteiger partial charge on any atom is 0.257 e. The summed E-state index contributed by atoms with van der Waals surface area (Å²) < 4.78 is 29.9. The molecule has 0 aliphatic carbocycles. The van der Waals surface area contributed by atoms with E-state index in [9.17, 15) is 4.39 Å². The van der Waals surface area contributed by atoms with Gasteiger partial charge in [0.1, 0.15) is 0 Å². The minimum atomic E-state index is -0.604. The number of rotatable bonds is 4. The summed E-state index contributed by atoms with van der Waals surface area (Å²) in [5.74, 6) is 0.194. The summed E-state index contributed by atoms with van der Waals surface area (Å²) in [5, 5.41) is 12.6. The molecule has 3 aromatic heterocycles. The summed E-state index contributed by atoms with van der Waals surface area (Å²) in [4.78, 5) is 4.17. The Bertz CT molecular complexity index is 1040. The number of para-hydroxylation sites is 1. The average Bonchev–Trinajstić information content (AvgIpc) is 3.24. The van der Waals surface area contributed by atoms with Gasteiger partial charge < -0.3 is 13.7 Å². The zero-order valence-electron chi connectivity index (χ0n) is 13.4. The fraction of sp³-hybridized carbons (Fsp3) is 0.176. The molecule has 126 valence electrons. The molecule has 0 aliphatic rings. The van der Waals surface area contributed by atoms with Gasteiger partial charge in [0.15, 0.2) is 17.7 Å². The van der Waals surface area contributed by atoms with E-state index >= 15 is 0 Å². The predicted molar refractivity (Wildman–Crippen MR) is 85.3 cm³/mol. The first-order valence-corrected chi connectivity index (χ1v) is 7.59. The van der Waals surface area contributed by atoms with Crippen LogP contribution in [-0.2, 0) is 0 Å². The van der Waals surface area contributed by atoms with Crippen molar-refractivity contribution in [2.45, 2.75) is 20.0 Å². The van der Waals surface area contributed by atoms with E-state index in [0.29, 0.717) is 11.3 Å². The Kier molecular flexibility index (Phi) is 3.64. The first-order chi connectivity index (χ1) is 12.1. The third kappa shape index (κ3) is 2.82. The average molecular weight is 340 g/mol. The summed E-state index contributed by atoms with van der Waals surface area (Å²) in [6.07, 6.45) is 0.958. The Balaban J connectivity index is 1.60. The second kappa shape index (κ2) is 5.97. The largest absolute Gasteiger partial charge is 0.478 e. The normalized spacial score (nSPS) is 12.4. The third-order valence-electron chi connectivity index (χ3n) is 3.69. The molecule has 1 aromatic carbocycles. The fourth-order valence-electron chi connectivity index (χ4n) is 2.36. The minimum Gasteiger partial charge on any atom is -0.478 e. The highest BCUT2D eigenvalue weighted by atomic mass is 19.1. The number of hydrogen-bond donors (Lipinski definition) is 0. The van der Waals surface area contributed by atoms with Crippen molar-refractivity contribution in [2.24, 2.45) is 0 Å². The smallest absolute Gasteiger partial charge is 0.257 e. The summed E-state index contributed by atoms with van der Waals surface area (Å²) in [5.41, 5.74) is 1.80. The van der Waals surface area contributed by atoms with Crippen LogP contribution >= 0.6 is 0 Å². The first-order valence-electron chi connectivity index (χ1n) is 7.59. The molecule has 25 heavy (non-hydrogen) atoms. The molecule has 0 amide bonds. The Hall–Kier alpha value is -3.29. The van der Waals surface area contributed by atoms with Crippen molar-refractivity contribution in [2.75, 3.05) is 0 Å². The van der Waals surface area contributed by atoms with Crippen LogP contribution in [0.1, 0.15) is 24.6 Å². The van der Waals surface area contributed by atoms with E-state index in [-0.39, 0.29) is 17.5 Å². The van der Waals surface area contributed by atoms with Gasteiger partial charge in [-0.25, -0.2) is 9.37 Å². The summed E-state index contributed by atoms with van der Waals surface area (Å²) >= 11 is 0. The van der Waals surface area contributed by atoms with Crippen molar-refractivity contribution < 1.29 is 18.1 Å². The molecule has 4 aromatic rings. The maximum absolute atomic E-state index is 13.7. The second-order valence-corrected chi connectivity index (χ2v) is 5.48. The quantitative estimate of drug-likeness (QED) is 0.557. The number of nitrogens with zero attached hydrogens (tertiary/aromatic N) is 4. The lowest BCUT2D eigenvalue weighted by molar-refractivity contribution is 0.182. The van der Waals surface area contributed by atoms with Crippen molar-refractivity contribution in [3.8, 4) is 17.2 Å². The number of aromatic nitrogens is 4. The number of fused-ring (bicyclic) bond motifs is 1. The van der Waals surface area contributed by atoms with Crippen LogP contribution in [0.3, 0.4) is 0 Å². The molecule has 0 saturated heterocycles. The molecule has 0 N–H and O–H groups in total. The lowest BCUT2D eigenvalue weighted by Gasteiger charge is -2.11. The second-order valence-electron chi connectivity index (χ2n) is 5.48. The van der Waals surface area contributed by atoms with E-state index in [1.54, 1.807) is 25.3 Å². The Morgan fingerprint density at radius 3 is 2.88 bits per heavy atom. The predicted octanol–water partition coefficient (Wildman–Crippen LogP) is 3.86. The van der Waals surface area contributed by atoms with Crippen LogP contribution in [0.4, 0.5) is 4.39 Å². The molecule has 0 saturated carbocycles. The SMILES string of the molecule is Cc1noc2ncc(-c3nnc([C@@H](C)Oc4ccccc4F)o3)cc12. The Morgan fingerprint density at radius 1 is 1.20 bits per heavy atom. The summed E-state index contributed by atoms with van der Waals surface area (Å²) in [6, 6.07) is 7.95. The third-order valence-corrected chi connectivity index (χ3v) is 3.69. The molecule has 4 rings (SSSR count). The Labute approximate surface area is 141 Å². The van der Waals surface area contributed by atoms with Gasteiger partial charge in [-0.05, 0) is 32.0 Å². The lowest BCUT2D eigenvalue weighted by Crippen LogP contribution is -2.04. The summed E-state index contributed by atoms with van der Waals surface area (Å²) in [7, 11) is 0. The van der Waals surface area contributed by atoms with Crippen molar-refractivity contribution in [3.63, 3.8) is 0 Å². The molecule has 0 unspecified atom stereocenters. The maximum atomic E-state index is 13.7. The number of halogens is 1. The highest BCUT2D eigenvalue weighted by molar-refractivity contribution is 5.79. The van der Waals surface area contributed by atoms with E-state index < -0.39 is 11.9 Å². The monoisotopic (exact) mass is 340 g/mol. The van der Waals surface area contributed by atoms with E-state index in [1.807, 2.05) is 13.0 Å². The van der Waals surface area contributed by atoms with Crippen LogP contribution in [-0.4, -0.2) is 20.3 Å². The number of aryl methyl sites for hydroxylation is 1. The van der Waals surface area contributed by atoms with Gasteiger partial charge in [-0.2, -0.15) is 0 Å². The zero-order valence-corrected chi connectivity index (χ0v) is 13.4. The molecule has 0 fully saturated rings. The van der Waals surface area contributed by atoms with Gasteiger partial charge in [-0.15, -0.1) is 10.2 Å². The van der Waals surface area contributed by atoms with Gasteiger partial charge in [-0.1, -0.05) is 17.3 Å². The molecule has 0 aliphatic heterocycles. The van der Waals surface area contributed by atoms with Crippen molar-refractivity contribution in [1.29, 1.82) is 0 Å². The molecule has 0 spiro atoms. The van der Waals surface area contributed by atoms with Gasteiger partial charge in [-0.3, -0.25) is 0 Å². The number of ether oxygens (including phenoxy) is 1. The number of hydrogen-bond acceptors (Lipinski definition) is 7. The van der Waals surface area contributed by atoms with E-state index in [2.05, 4.69) is 20.3 Å². The fourth-order valence-corrected chi connectivity index (χ4v) is 2.36. The molecular formula is C17H13FN4O3. The van der Waals surface area contributed by atoms with Gasteiger partial charge in [0.05, 0.1) is 16.6 Å². The molecule has 1 atom stereocenters. The number of pyridine rings is 1. The summed E-state index contributed by atoms with van der Waals surface area (Å²) in [6.45, 7) is 3.52. The van der Waals surface area contributed by atoms with Crippen LogP contribution in [0.2, 0.25) is 0 Å². The topological polar surface area (TPSA) is 87.1 Å².